The summed E-state index contributed by atoms with van der Waals surface area (Å²) in [5, 5.41) is 2.98. The Bertz CT molecular complexity index is 909. The molecule has 0 atom stereocenters. The van der Waals surface area contributed by atoms with Crippen LogP contribution in [-0.4, -0.2) is 39.5 Å². The van der Waals surface area contributed by atoms with E-state index in [0.29, 0.717) is 12.1 Å². The Labute approximate surface area is 160 Å². The second kappa shape index (κ2) is 7.80. The molecule has 7 heteroatoms. The molecule has 1 fully saturated rings. The third-order valence-electron chi connectivity index (χ3n) is 5.27. The van der Waals surface area contributed by atoms with Gasteiger partial charge in [0.1, 0.15) is 0 Å². The number of hydrogen-bond acceptors (Lipinski definition) is 4. The molecule has 0 bridgehead atoms. The molecule has 2 aromatic rings. The van der Waals surface area contributed by atoms with E-state index >= 15 is 0 Å². The van der Waals surface area contributed by atoms with Gasteiger partial charge in [-0.05, 0) is 36.6 Å². The molecule has 1 aliphatic carbocycles. The van der Waals surface area contributed by atoms with E-state index in [1.807, 2.05) is 18.2 Å². The van der Waals surface area contributed by atoms with Gasteiger partial charge in [-0.3, -0.25) is 9.63 Å². The fraction of sp³-hybridized carbons (Fsp3) is 0.350. The van der Waals surface area contributed by atoms with Gasteiger partial charge < -0.3 is 5.32 Å². The largest absolute Gasteiger partial charge is 0.351 e. The van der Waals surface area contributed by atoms with Crippen molar-refractivity contribution in [2.24, 2.45) is 0 Å². The van der Waals surface area contributed by atoms with Gasteiger partial charge in [0.2, 0.25) is 0 Å². The van der Waals surface area contributed by atoms with Gasteiger partial charge in [0.05, 0.1) is 12.0 Å². The van der Waals surface area contributed by atoms with E-state index in [-0.39, 0.29) is 16.2 Å². The Morgan fingerprint density at radius 2 is 1.85 bits per heavy atom. The zero-order valence-electron chi connectivity index (χ0n) is 15.5. The molecule has 0 spiro atoms. The third-order valence-corrected chi connectivity index (χ3v) is 6.95. The number of hydroxylamine groups is 1. The van der Waals surface area contributed by atoms with Crippen LogP contribution in [0.2, 0.25) is 0 Å². The van der Waals surface area contributed by atoms with E-state index in [1.54, 1.807) is 12.1 Å². The molecule has 27 heavy (non-hydrogen) atoms. The third kappa shape index (κ3) is 3.90. The Kier molecular flexibility index (Phi) is 5.64. The molecular formula is C20H24N2O4S. The average molecular weight is 388 g/mol. The molecule has 0 heterocycles. The standard InChI is InChI=1S/C20H24N2O4S/c1-22(26-2)27(24,25)18-11-6-8-16(14-18)19(23)21-15-20(12-7-13-20)17-9-4-3-5-10-17/h3-6,8-11,14H,7,12-13,15H2,1-2H3,(H,21,23). The van der Waals surface area contributed by atoms with Crippen molar-refractivity contribution in [3.8, 4) is 0 Å². The van der Waals surface area contributed by atoms with Gasteiger partial charge in [0.15, 0.2) is 0 Å². The number of benzene rings is 2. The fourth-order valence-corrected chi connectivity index (χ4v) is 4.38. The van der Waals surface area contributed by atoms with Gasteiger partial charge in [0.25, 0.3) is 15.9 Å². The Morgan fingerprint density at radius 1 is 1.15 bits per heavy atom. The van der Waals surface area contributed by atoms with Gasteiger partial charge >= 0.3 is 0 Å². The average Bonchev–Trinajstić information content (AvgIpc) is 2.67. The molecule has 2 aromatic carbocycles. The molecule has 1 saturated carbocycles. The SMILES string of the molecule is CON(C)S(=O)(=O)c1cccc(C(=O)NCC2(c3ccccc3)CCC2)c1. The van der Waals surface area contributed by atoms with Crippen LogP contribution in [0.15, 0.2) is 59.5 Å². The number of carbonyl (C=O) groups is 1. The minimum absolute atomic E-state index is 0.0147. The summed E-state index contributed by atoms with van der Waals surface area (Å²) in [6.45, 7) is 0.533. The summed E-state index contributed by atoms with van der Waals surface area (Å²) < 4.78 is 25.5. The van der Waals surface area contributed by atoms with Gasteiger partial charge in [-0.15, -0.1) is 0 Å². The molecule has 0 unspecified atom stereocenters. The van der Waals surface area contributed by atoms with E-state index in [1.165, 1.54) is 31.9 Å². The molecule has 144 valence electrons. The minimum Gasteiger partial charge on any atom is -0.351 e. The first-order chi connectivity index (χ1) is 12.9. The van der Waals surface area contributed by atoms with Crippen LogP contribution in [0.25, 0.3) is 0 Å². The van der Waals surface area contributed by atoms with Crippen LogP contribution in [0.4, 0.5) is 0 Å². The Hall–Kier alpha value is -2.22. The highest BCUT2D eigenvalue weighted by atomic mass is 32.2. The maximum absolute atomic E-state index is 12.6. The number of amides is 1. The first-order valence-corrected chi connectivity index (χ1v) is 10.3. The first-order valence-electron chi connectivity index (χ1n) is 8.86. The lowest BCUT2D eigenvalue weighted by molar-refractivity contribution is -0.0258. The number of hydrogen-bond donors (Lipinski definition) is 1. The van der Waals surface area contributed by atoms with E-state index in [2.05, 4.69) is 17.4 Å². The number of carbonyl (C=O) groups excluding carboxylic acids is 1. The maximum Gasteiger partial charge on any atom is 0.264 e. The summed E-state index contributed by atoms with van der Waals surface area (Å²) in [4.78, 5) is 17.4. The smallest absolute Gasteiger partial charge is 0.264 e. The van der Waals surface area contributed by atoms with Crippen LogP contribution in [0.3, 0.4) is 0 Å². The second-order valence-corrected chi connectivity index (χ2v) is 8.74. The molecule has 1 aliphatic rings. The van der Waals surface area contributed by atoms with E-state index in [4.69, 9.17) is 4.84 Å². The van der Waals surface area contributed by atoms with Crippen molar-refractivity contribution >= 4 is 15.9 Å². The summed E-state index contributed by atoms with van der Waals surface area (Å²) in [7, 11) is -1.21. The van der Waals surface area contributed by atoms with Crippen LogP contribution < -0.4 is 5.32 Å². The second-order valence-electron chi connectivity index (χ2n) is 6.81. The van der Waals surface area contributed by atoms with Crippen molar-refractivity contribution in [3.63, 3.8) is 0 Å². The van der Waals surface area contributed by atoms with Crippen molar-refractivity contribution in [1.82, 2.24) is 9.79 Å². The van der Waals surface area contributed by atoms with Crippen molar-refractivity contribution < 1.29 is 18.0 Å². The molecule has 3 rings (SSSR count). The predicted molar refractivity (Wildman–Crippen MR) is 103 cm³/mol. The molecule has 0 aliphatic heterocycles. The summed E-state index contributed by atoms with van der Waals surface area (Å²) in [5.74, 6) is -0.283. The molecular weight excluding hydrogens is 364 g/mol. The van der Waals surface area contributed by atoms with E-state index < -0.39 is 10.0 Å². The fourth-order valence-electron chi connectivity index (χ4n) is 3.36. The van der Waals surface area contributed by atoms with Gasteiger partial charge in [0, 0.05) is 24.6 Å². The quantitative estimate of drug-likeness (QED) is 0.740. The Balaban J connectivity index is 1.75. The van der Waals surface area contributed by atoms with Crippen molar-refractivity contribution in [3.05, 3.63) is 65.7 Å². The lowest BCUT2D eigenvalue weighted by Gasteiger charge is -2.42. The van der Waals surface area contributed by atoms with Crippen LogP contribution in [-0.2, 0) is 20.3 Å². The summed E-state index contributed by atoms with van der Waals surface area (Å²) in [6, 6.07) is 16.2. The van der Waals surface area contributed by atoms with Gasteiger partial charge in [-0.25, -0.2) is 8.42 Å². The van der Waals surface area contributed by atoms with Crippen LogP contribution >= 0.6 is 0 Å². The number of nitrogens with one attached hydrogen (secondary N) is 1. The zero-order valence-corrected chi connectivity index (χ0v) is 16.3. The topological polar surface area (TPSA) is 75.7 Å². The molecule has 1 N–H and O–H groups in total. The van der Waals surface area contributed by atoms with Crippen LogP contribution in [0.1, 0.15) is 35.2 Å². The predicted octanol–water partition coefficient (Wildman–Crippen LogP) is 2.72. The van der Waals surface area contributed by atoms with Gasteiger partial charge in [-0.1, -0.05) is 47.3 Å². The van der Waals surface area contributed by atoms with E-state index in [9.17, 15) is 13.2 Å². The van der Waals surface area contributed by atoms with Crippen LogP contribution in [0.5, 0.6) is 0 Å². The highest BCUT2D eigenvalue weighted by Gasteiger charge is 2.38. The highest BCUT2D eigenvalue weighted by molar-refractivity contribution is 7.89. The lowest BCUT2D eigenvalue weighted by Crippen LogP contribution is -2.45. The van der Waals surface area contributed by atoms with Crippen molar-refractivity contribution in [1.29, 1.82) is 0 Å². The molecule has 0 aromatic heterocycles. The van der Waals surface area contributed by atoms with Crippen LogP contribution in [0, 0.1) is 0 Å². The molecule has 6 nitrogen and oxygen atoms in total. The van der Waals surface area contributed by atoms with E-state index in [0.717, 1.165) is 23.7 Å². The molecule has 0 saturated heterocycles. The van der Waals surface area contributed by atoms with Crippen molar-refractivity contribution in [2.45, 2.75) is 29.6 Å². The Morgan fingerprint density at radius 3 is 2.44 bits per heavy atom. The lowest BCUT2D eigenvalue weighted by atomic mass is 9.64. The summed E-state index contributed by atoms with van der Waals surface area (Å²) in [5.41, 5.74) is 1.51. The van der Waals surface area contributed by atoms with Gasteiger partial charge in [-0.2, -0.15) is 0 Å². The summed E-state index contributed by atoms with van der Waals surface area (Å²) >= 11 is 0. The highest BCUT2D eigenvalue weighted by Crippen LogP contribution is 2.43. The zero-order chi connectivity index (χ0) is 19.5. The minimum atomic E-state index is -3.79. The first kappa shape index (κ1) is 19.5. The molecule has 0 radical (unpaired) electrons. The maximum atomic E-state index is 12.6. The number of nitrogens with zero attached hydrogens (tertiary/aromatic N) is 1. The number of sulfonamides is 1. The summed E-state index contributed by atoms with van der Waals surface area (Å²) in [6.07, 6.45) is 3.20. The monoisotopic (exact) mass is 388 g/mol. The number of rotatable bonds is 7. The molecule has 1 amide bonds. The van der Waals surface area contributed by atoms with Crippen molar-refractivity contribution in [2.75, 3.05) is 20.7 Å². The normalized spacial score (nSPS) is 16.0.